The standard InChI is InChI=1S/C29H30N2O/c1-18(2)20-12-14-22(15-13-20)29-28-26(30-24-6-4-5-7-25(24)31-29)16-23(17-27(28)32)21-10-8-19(3)9-11-21/h4-15,18,23,29-31H,16-17H2,1-3H3/t23-,29-/m0/s1. The fourth-order valence-electron chi connectivity index (χ4n) is 4.89. The third kappa shape index (κ3) is 3.84. The van der Waals surface area contributed by atoms with Crippen molar-refractivity contribution in [1.82, 2.24) is 0 Å². The molecule has 0 bridgehead atoms. The van der Waals surface area contributed by atoms with Gasteiger partial charge >= 0.3 is 0 Å². The molecule has 0 fully saturated rings. The molecule has 3 heteroatoms. The van der Waals surface area contributed by atoms with E-state index >= 15 is 0 Å². The van der Waals surface area contributed by atoms with Crippen LogP contribution in [0.4, 0.5) is 11.4 Å². The Bertz CT molecular complexity index is 1170. The lowest BCUT2D eigenvalue weighted by molar-refractivity contribution is -0.116. The fraction of sp³-hybridized carbons (Fsp3) is 0.276. The van der Waals surface area contributed by atoms with Crippen molar-refractivity contribution in [2.45, 2.75) is 51.5 Å². The molecule has 2 aliphatic rings. The minimum atomic E-state index is -0.158. The van der Waals surface area contributed by atoms with Crippen LogP contribution < -0.4 is 10.6 Å². The van der Waals surface area contributed by atoms with Gasteiger partial charge in [-0.3, -0.25) is 4.79 Å². The van der Waals surface area contributed by atoms with E-state index in [1.807, 2.05) is 12.1 Å². The normalized spacial score (nSPS) is 20.2. The number of para-hydroxylation sites is 2. The average Bonchev–Trinajstić information content (AvgIpc) is 2.96. The van der Waals surface area contributed by atoms with Crippen LogP contribution in [0.1, 0.15) is 66.8 Å². The zero-order valence-corrected chi connectivity index (χ0v) is 19.0. The van der Waals surface area contributed by atoms with E-state index < -0.39 is 0 Å². The lowest BCUT2D eigenvalue weighted by Crippen LogP contribution is -2.26. The third-order valence-electron chi connectivity index (χ3n) is 6.79. The van der Waals surface area contributed by atoms with Gasteiger partial charge in [0.2, 0.25) is 0 Å². The largest absolute Gasteiger partial charge is 0.372 e. The Morgan fingerprint density at radius 1 is 0.812 bits per heavy atom. The number of fused-ring (bicyclic) bond motifs is 1. The van der Waals surface area contributed by atoms with Crippen LogP contribution in [0.3, 0.4) is 0 Å². The molecule has 1 heterocycles. The topological polar surface area (TPSA) is 41.1 Å². The van der Waals surface area contributed by atoms with E-state index in [9.17, 15) is 4.79 Å². The molecular formula is C29H30N2O. The van der Waals surface area contributed by atoms with Crippen molar-refractivity contribution < 1.29 is 4.79 Å². The molecule has 3 aromatic rings. The minimum Gasteiger partial charge on any atom is -0.372 e. The maximum absolute atomic E-state index is 13.6. The first-order valence-corrected chi connectivity index (χ1v) is 11.5. The summed E-state index contributed by atoms with van der Waals surface area (Å²) < 4.78 is 0. The average molecular weight is 423 g/mol. The van der Waals surface area contributed by atoms with Crippen molar-refractivity contribution in [3.8, 4) is 0 Å². The number of aryl methyl sites for hydroxylation is 1. The predicted octanol–water partition coefficient (Wildman–Crippen LogP) is 7.10. The molecule has 1 aliphatic carbocycles. The van der Waals surface area contributed by atoms with Crippen LogP contribution in [0.5, 0.6) is 0 Å². The van der Waals surface area contributed by atoms with Crippen LogP contribution in [0.2, 0.25) is 0 Å². The second-order valence-corrected chi connectivity index (χ2v) is 9.40. The summed E-state index contributed by atoms with van der Waals surface area (Å²) in [6, 6.07) is 25.4. The molecule has 32 heavy (non-hydrogen) atoms. The van der Waals surface area contributed by atoms with Crippen LogP contribution in [0, 0.1) is 6.92 Å². The van der Waals surface area contributed by atoms with Crippen LogP contribution in [0.25, 0.3) is 0 Å². The summed E-state index contributed by atoms with van der Waals surface area (Å²) >= 11 is 0. The van der Waals surface area contributed by atoms with Gasteiger partial charge in [0.1, 0.15) is 0 Å². The van der Waals surface area contributed by atoms with Crippen molar-refractivity contribution in [1.29, 1.82) is 0 Å². The molecule has 0 spiro atoms. The molecule has 5 rings (SSSR count). The van der Waals surface area contributed by atoms with Gasteiger partial charge in [0.05, 0.1) is 17.4 Å². The van der Waals surface area contributed by atoms with E-state index in [1.54, 1.807) is 0 Å². The van der Waals surface area contributed by atoms with E-state index in [-0.39, 0.29) is 17.7 Å². The molecule has 0 saturated heterocycles. The second-order valence-electron chi connectivity index (χ2n) is 9.40. The molecule has 3 aromatic carbocycles. The SMILES string of the molecule is Cc1ccc([C@@H]2CC(=O)C3=C(C2)Nc2ccccc2N[C@H]3c2ccc(C(C)C)cc2)cc1. The maximum Gasteiger partial charge on any atom is 0.163 e. The summed E-state index contributed by atoms with van der Waals surface area (Å²) in [5, 5.41) is 7.30. The van der Waals surface area contributed by atoms with Gasteiger partial charge in [-0.2, -0.15) is 0 Å². The molecule has 0 radical (unpaired) electrons. The van der Waals surface area contributed by atoms with Gasteiger partial charge in [-0.25, -0.2) is 0 Å². The highest BCUT2D eigenvalue weighted by molar-refractivity contribution is 6.01. The Morgan fingerprint density at radius 3 is 2.16 bits per heavy atom. The van der Waals surface area contributed by atoms with E-state index in [0.717, 1.165) is 34.6 Å². The molecule has 0 unspecified atom stereocenters. The first kappa shape index (κ1) is 20.6. The summed E-state index contributed by atoms with van der Waals surface area (Å²) in [6.45, 7) is 6.51. The van der Waals surface area contributed by atoms with Gasteiger partial charge in [0.25, 0.3) is 0 Å². The number of carbonyl (C=O) groups excluding carboxylic acids is 1. The molecule has 2 atom stereocenters. The highest BCUT2D eigenvalue weighted by Crippen LogP contribution is 2.44. The summed E-state index contributed by atoms with van der Waals surface area (Å²) in [5.41, 5.74) is 8.89. The van der Waals surface area contributed by atoms with Crippen molar-refractivity contribution in [2.24, 2.45) is 0 Å². The number of anilines is 2. The zero-order valence-electron chi connectivity index (χ0n) is 19.0. The zero-order chi connectivity index (χ0) is 22.2. The Kier molecular flexibility index (Phi) is 5.34. The number of benzene rings is 3. The number of Topliss-reactive ketones (excluding diaryl/α,β-unsaturated/α-hetero) is 1. The van der Waals surface area contributed by atoms with Gasteiger partial charge < -0.3 is 10.6 Å². The Balaban J connectivity index is 1.58. The fourth-order valence-corrected chi connectivity index (χ4v) is 4.89. The van der Waals surface area contributed by atoms with Crippen LogP contribution in [0.15, 0.2) is 84.1 Å². The van der Waals surface area contributed by atoms with E-state index in [4.69, 9.17) is 0 Å². The lowest BCUT2D eigenvalue weighted by atomic mass is 9.78. The van der Waals surface area contributed by atoms with Crippen molar-refractivity contribution in [2.75, 3.05) is 10.6 Å². The van der Waals surface area contributed by atoms with E-state index in [2.05, 4.69) is 92.1 Å². The molecule has 1 aliphatic heterocycles. The van der Waals surface area contributed by atoms with Gasteiger partial charge in [-0.1, -0.05) is 80.1 Å². The molecule has 0 saturated carbocycles. The number of carbonyl (C=O) groups is 1. The monoisotopic (exact) mass is 422 g/mol. The maximum atomic E-state index is 13.6. The number of allylic oxidation sites excluding steroid dienone is 1. The van der Waals surface area contributed by atoms with Crippen molar-refractivity contribution >= 4 is 17.2 Å². The molecular weight excluding hydrogens is 392 g/mol. The third-order valence-corrected chi connectivity index (χ3v) is 6.79. The first-order valence-electron chi connectivity index (χ1n) is 11.5. The molecule has 162 valence electrons. The van der Waals surface area contributed by atoms with Gasteiger partial charge in [0, 0.05) is 17.7 Å². The molecule has 3 nitrogen and oxygen atoms in total. The Morgan fingerprint density at radius 2 is 1.47 bits per heavy atom. The number of rotatable bonds is 3. The van der Waals surface area contributed by atoms with Gasteiger partial charge in [-0.05, 0) is 54.0 Å². The van der Waals surface area contributed by atoms with E-state index in [0.29, 0.717) is 12.3 Å². The van der Waals surface area contributed by atoms with Crippen LogP contribution in [-0.4, -0.2) is 5.78 Å². The minimum absolute atomic E-state index is 0.158. The number of nitrogens with one attached hydrogen (secondary N) is 2. The number of hydrogen-bond donors (Lipinski definition) is 2. The van der Waals surface area contributed by atoms with E-state index in [1.165, 1.54) is 16.7 Å². The molecule has 0 aromatic heterocycles. The number of hydrogen-bond acceptors (Lipinski definition) is 3. The van der Waals surface area contributed by atoms with Crippen LogP contribution >= 0.6 is 0 Å². The number of ketones is 1. The summed E-state index contributed by atoms with van der Waals surface area (Å²) in [7, 11) is 0. The Hall–Kier alpha value is -3.33. The van der Waals surface area contributed by atoms with Crippen molar-refractivity contribution in [3.05, 3.63) is 106 Å². The second kappa shape index (κ2) is 8.31. The highest BCUT2D eigenvalue weighted by atomic mass is 16.1. The molecule has 0 amide bonds. The summed E-state index contributed by atoms with van der Waals surface area (Å²) in [4.78, 5) is 13.6. The highest BCUT2D eigenvalue weighted by Gasteiger charge is 2.36. The van der Waals surface area contributed by atoms with Crippen molar-refractivity contribution in [3.63, 3.8) is 0 Å². The van der Waals surface area contributed by atoms with Gasteiger partial charge in [0.15, 0.2) is 5.78 Å². The Labute approximate surface area is 190 Å². The smallest absolute Gasteiger partial charge is 0.163 e. The molecule has 2 N–H and O–H groups in total. The summed E-state index contributed by atoms with van der Waals surface area (Å²) in [5.74, 6) is 0.904. The predicted molar refractivity (Wildman–Crippen MR) is 132 cm³/mol. The summed E-state index contributed by atoms with van der Waals surface area (Å²) in [6.07, 6.45) is 1.38. The lowest BCUT2D eigenvalue weighted by Gasteiger charge is -2.30. The van der Waals surface area contributed by atoms with Crippen LogP contribution in [-0.2, 0) is 4.79 Å². The first-order chi connectivity index (χ1) is 15.5. The van der Waals surface area contributed by atoms with Gasteiger partial charge in [-0.15, -0.1) is 0 Å². The quantitative estimate of drug-likeness (QED) is 0.473.